The molecule has 0 bridgehead atoms. The first kappa shape index (κ1) is 26.0. The Morgan fingerprint density at radius 1 is 1.26 bits per heavy atom. The van der Waals surface area contributed by atoms with Crippen LogP contribution in [0.15, 0.2) is 59.9 Å². The number of aromatic nitrogens is 2. The van der Waals surface area contributed by atoms with Crippen molar-refractivity contribution in [3.05, 3.63) is 82.1 Å². The number of aryl methyl sites for hydroxylation is 1. The van der Waals surface area contributed by atoms with Gasteiger partial charge in [-0.1, -0.05) is 66.7 Å². The van der Waals surface area contributed by atoms with Gasteiger partial charge in [-0.2, -0.15) is 0 Å². The van der Waals surface area contributed by atoms with Gasteiger partial charge in [-0.05, 0) is 55.5 Å². The number of carboxylic acids is 1. The van der Waals surface area contributed by atoms with Gasteiger partial charge >= 0.3 is 5.97 Å². The third kappa shape index (κ3) is 7.45. The summed E-state index contributed by atoms with van der Waals surface area (Å²) in [6.45, 7) is 3.35. The minimum Gasteiger partial charge on any atom is -0.480 e. The van der Waals surface area contributed by atoms with Crippen molar-refractivity contribution < 1.29 is 14.7 Å². The molecule has 1 aromatic heterocycles. The molecular weight excluding hydrogens is 470 g/mol. The Morgan fingerprint density at radius 3 is 2.82 bits per heavy atom. The van der Waals surface area contributed by atoms with Crippen LogP contribution in [-0.4, -0.2) is 45.3 Å². The first-order chi connectivity index (χ1) is 16.5. The fraction of sp³-hybridized carbons (Fsp3) is 0.346. The van der Waals surface area contributed by atoms with E-state index in [1.807, 2.05) is 36.5 Å². The second-order valence-electron chi connectivity index (χ2n) is 8.07. The summed E-state index contributed by atoms with van der Waals surface area (Å²) in [6.07, 6.45) is 5.60. The van der Waals surface area contributed by atoms with Gasteiger partial charge in [0.05, 0.1) is 6.54 Å². The normalized spacial score (nSPS) is 11.9. The number of aliphatic carboxylic acids is 1. The van der Waals surface area contributed by atoms with Crippen molar-refractivity contribution in [3.63, 3.8) is 0 Å². The van der Waals surface area contributed by atoms with E-state index in [0.717, 1.165) is 58.3 Å². The van der Waals surface area contributed by atoms with Gasteiger partial charge in [-0.3, -0.25) is 9.59 Å². The summed E-state index contributed by atoms with van der Waals surface area (Å²) in [4.78, 5) is 27.4. The number of thioether (sulfide) groups is 1. The van der Waals surface area contributed by atoms with Crippen LogP contribution in [0.25, 0.3) is 0 Å². The van der Waals surface area contributed by atoms with Crippen LogP contribution in [0.4, 0.5) is 0 Å². The number of carboxylic acid groups (broad SMARTS) is 1. The van der Waals surface area contributed by atoms with E-state index >= 15 is 0 Å². The molecule has 3 aromatic rings. The summed E-state index contributed by atoms with van der Waals surface area (Å²) < 4.78 is 2.21. The van der Waals surface area contributed by atoms with Gasteiger partial charge in [0.2, 0.25) is 0 Å². The number of benzene rings is 2. The largest absolute Gasteiger partial charge is 0.480 e. The summed E-state index contributed by atoms with van der Waals surface area (Å²) in [5.41, 5.74) is 3.51. The second-order valence-corrected chi connectivity index (χ2v) is 9.54. The highest BCUT2D eigenvalue weighted by atomic mass is 35.5. The number of carbonyl (C=O) groups is 2. The minimum absolute atomic E-state index is 0.319. The minimum atomic E-state index is -0.904. The Labute approximate surface area is 209 Å². The molecule has 0 aliphatic rings. The van der Waals surface area contributed by atoms with Gasteiger partial charge < -0.3 is 15.0 Å². The smallest absolute Gasteiger partial charge is 0.321 e. The summed E-state index contributed by atoms with van der Waals surface area (Å²) in [6, 6.07) is 14.2. The number of imidazole rings is 1. The lowest BCUT2D eigenvalue weighted by molar-refractivity contribution is -0.139. The first-order valence-corrected chi connectivity index (χ1v) is 12.8. The highest BCUT2D eigenvalue weighted by molar-refractivity contribution is 7.99. The number of hydrogen-bond donors (Lipinski definition) is 2. The maximum atomic E-state index is 11.8. The van der Waals surface area contributed by atoms with E-state index in [2.05, 4.69) is 21.8 Å². The van der Waals surface area contributed by atoms with Crippen molar-refractivity contribution >= 4 is 35.6 Å². The van der Waals surface area contributed by atoms with Crippen LogP contribution in [0.3, 0.4) is 0 Å². The Kier molecular flexibility index (Phi) is 10.2. The lowest BCUT2D eigenvalue weighted by Crippen LogP contribution is -2.39. The molecule has 2 N–H and O–H groups in total. The monoisotopic (exact) mass is 499 g/mol. The number of rotatable bonds is 14. The first-order valence-electron chi connectivity index (χ1n) is 11.4. The van der Waals surface area contributed by atoms with Crippen LogP contribution in [-0.2, 0) is 24.2 Å². The standard InChI is InChI=1S/C26H30ClN3O3S/c1-2-13-34-26-29-16-22(30(26)17-21-9-3-4-11-23(21)27)10-6-12-28-24(25(32)33)15-19-7-5-8-20(14-19)18-31/h3-5,7-9,11,14,16,18,24,28H,2,6,10,12-13,15,17H2,1H3,(H,32,33)/t24-/m0/s1. The molecule has 0 spiro atoms. The third-order valence-corrected chi connectivity index (χ3v) is 7.01. The molecule has 0 aliphatic carbocycles. The Bertz CT molecular complexity index is 1100. The van der Waals surface area contributed by atoms with E-state index in [4.69, 9.17) is 11.6 Å². The van der Waals surface area contributed by atoms with Crippen LogP contribution in [0.2, 0.25) is 5.02 Å². The lowest BCUT2D eigenvalue weighted by Gasteiger charge is -2.16. The number of aldehydes is 1. The zero-order valence-corrected chi connectivity index (χ0v) is 20.8. The van der Waals surface area contributed by atoms with Crippen LogP contribution in [0.5, 0.6) is 0 Å². The molecule has 1 atom stereocenters. The summed E-state index contributed by atoms with van der Waals surface area (Å²) in [5.74, 6) is 0.0880. The van der Waals surface area contributed by atoms with Crippen LogP contribution in [0, 0.1) is 0 Å². The Morgan fingerprint density at radius 2 is 2.09 bits per heavy atom. The fourth-order valence-electron chi connectivity index (χ4n) is 3.69. The predicted octanol–water partition coefficient (Wildman–Crippen LogP) is 5.12. The van der Waals surface area contributed by atoms with E-state index in [0.29, 0.717) is 25.1 Å². The van der Waals surface area contributed by atoms with E-state index in [1.54, 1.807) is 30.0 Å². The number of carbonyl (C=O) groups excluding carboxylic acids is 1. The quantitative estimate of drug-likeness (QED) is 0.182. The number of nitrogens with zero attached hydrogens (tertiary/aromatic N) is 2. The molecule has 180 valence electrons. The zero-order valence-electron chi connectivity index (χ0n) is 19.2. The average molecular weight is 500 g/mol. The highest BCUT2D eigenvalue weighted by Crippen LogP contribution is 2.24. The predicted molar refractivity (Wildman–Crippen MR) is 137 cm³/mol. The molecule has 0 radical (unpaired) electrons. The van der Waals surface area contributed by atoms with Crippen molar-refractivity contribution in [1.82, 2.24) is 14.9 Å². The average Bonchev–Trinajstić information content (AvgIpc) is 3.22. The molecule has 2 aromatic carbocycles. The molecule has 0 unspecified atom stereocenters. The summed E-state index contributed by atoms with van der Waals surface area (Å²) in [7, 11) is 0. The van der Waals surface area contributed by atoms with E-state index in [-0.39, 0.29) is 0 Å². The van der Waals surface area contributed by atoms with Gasteiger partial charge in [0, 0.05) is 28.2 Å². The molecule has 6 nitrogen and oxygen atoms in total. The number of hydrogen-bond acceptors (Lipinski definition) is 5. The molecule has 34 heavy (non-hydrogen) atoms. The lowest BCUT2D eigenvalue weighted by atomic mass is 10.0. The second kappa shape index (κ2) is 13.3. The van der Waals surface area contributed by atoms with Gasteiger partial charge in [-0.15, -0.1) is 0 Å². The highest BCUT2D eigenvalue weighted by Gasteiger charge is 2.18. The van der Waals surface area contributed by atoms with E-state index < -0.39 is 12.0 Å². The molecule has 3 rings (SSSR count). The maximum Gasteiger partial charge on any atom is 0.321 e. The molecule has 0 saturated carbocycles. The van der Waals surface area contributed by atoms with Gasteiger partial charge in [-0.25, -0.2) is 4.98 Å². The van der Waals surface area contributed by atoms with E-state index in [9.17, 15) is 14.7 Å². The molecule has 1 heterocycles. The summed E-state index contributed by atoms with van der Waals surface area (Å²) >= 11 is 8.14. The van der Waals surface area contributed by atoms with Crippen molar-refractivity contribution in [2.45, 2.75) is 50.4 Å². The van der Waals surface area contributed by atoms with E-state index in [1.165, 1.54) is 0 Å². The number of halogens is 1. The zero-order chi connectivity index (χ0) is 24.3. The fourth-order valence-corrected chi connectivity index (χ4v) is 4.73. The maximum absolute atomic E-state index is 11.8. The molecule has 0 aliphatic heterocycles. The van der Waals surface area contributed by atoms with Crippen LogP contribution < -0.4 is 5.32 Å². The van der Waals surface area contributed by atoms with Gasteiger partial charge in [0.1, 0.15) is 12.3 Å². The van der Waals surface area contributed by atoms with Crippen molar-refractivity contribution in [3.8, 4) is 0 Å². The van der Waals surface area contributed by atoms with Crippen LogP contribution in [0.1, 0.15) is 46.9 Å². The van der Waals surface area contributed by atoms with Gasteiger partial charge in [0.25, 0.3) is 0 Å². The van der Waals surface area contributed by atoms with Crippen LogP contribution >= 0.6 is 23.4 Å². The molecule has 0 saturated heterocycles. The third-order valence-electron chi connectivity index (χ3n) is 5.45. The topological polar surface area (TPSA) is 84.2 Å². The Balaban J connectivity index is 1.62. The molecule has 8 heteroatoms. The van der Waals surface area contributed by atoms with Crippen molar-refractivity contribution in [2.75, 3.05) is 12.3 Å². The molecule has 0 amide bonds. The molecule has 0 fully saturated rings. The van der Waals surface area contributed by atoms with Gasteiger partial charge in [0.15, 0.2) is 5.16 Å². The van der Waals surface area contributed by atoms with Crippen molar-refractivity contribution in [2.24, 2.45) is 0 Å². The molecular formula is C26H30ClN3O3S. The summed E-state index contributed by atoms with van der Waals surface area (Å²) in [5, 5.41) is 14.5. The van der Waals surface area contributed by atoms with Crippen molar-refractivity contribution in [1.29, 1.82) is 0 Å². The number of nitrogens with one attached hydrogen (secondary N) is 1. The SMILES string of the molecule is CCCSc1ncc(CCCN[C@@H](Cc2cccc(C=O)c2)C(=O)O)n1Cc1ccccc1Cl. The Hall–Kier alpha value is -2.61.